The number of sulfonamides is 1. The molecule has 0 fully saturated rings. The van der Waals surface area contributed by atoms with Crippen molar-refractivity contribution in [2.75, 3.05) is 24.2 Å². The Kier molecular flexibility index (Phi) is 10.8. The molecule has 1 unspecified atom stereocenters. The minimum Gasteiger partial charge on any atom is -0.497 e. The summed E-state index contributed by atoms with van der Waals surface area (Å²) in [6.45, 7) is 8.00. The molecular formula is C27H39N3O5S. The van der Waals surface area contributed by atoms with Crippen molar-refractivity contribution in [1.29, 1.82) is 0 Å². The second-order valence-corrected chi connectivity index (χ2v) is 11.1. The van der Waals surface area contributed by atoms with E-state index in [0.717, 1.165) is 17.4 Å². The Balaban J connectivity index is 2.21. The zero-order valence-electron chi connectivity index (χ0n) is 22.2. The number of ether oxygens (including phenoxy) is 1. The summed E-state index contributed by atoms with van der Waals surface area (Å²) in [7, 11) is -1.93. The van der Waals surface area contributed by atoms with E-state index in [1.54, 1.807) is 24.1 Å². The molecule has 0 bridgehead atoms. The lowest BCUT2D eigenvalue weighted by atomic mass is 10.1. The maximum Gasteiger partial charge on any atom is 0.243 e. The molecular weight excluding hydrogens is 478 g/mol. The van der Waals surface area contributed by atoms with E-state index in [9.17, 15) is 18.0 Å². The minimum absolute atomic E-state index is 0.0534. The highest BCUT2D eigenvalue weighted by Gasteiger charge is 2.29. The summed E-state index contributed by atoms with van der Waals surface area (Å²) in [5.74, 6) is 0.305. The van der Waals surface area contributed by atoms with Gasteiger partial charge in [0, 0.05) is 25.6 Å². The molecule has 0 aliphatic rings. The number of benzene rings is 2. The average molecular weight is 518 g/mol. The lowest BCUT2D eigenvalue weighted by Gasteiger charge is -2.31. The van der Waals surface area contributed by atoms with E-state index in [0.29, 0.717) is 24.3 Å². The summed E-state index contributed by atoms with van der Waals surface area (Å²) in [5, 5.41) is 2.91. The molecule has 2 amide bonds. The van der Waals surface area contributed by atoms with Crippen LogP contribution in [0.3, 0.4) is 0 Å². The first kappa shape index (κ1) is 29.2. The number of aryl methyl sites for hydroxylation is 1. The standard InChI is InChI=1S/C27H39N3O5S/c1-7-25(27(32)28-20(2)3)29(19-22-12-16-24(35-5)17-13-22)26(31)9-8-18-30(36(6,33)34)23-14-10-21(4)11-15-23/h10-17,20,25H,7-9,18-19H2,1-6H3,(H,28,32). The minimum atomic E-state index is -3.52. The number of nitrogens with one attached hydrogen (secondary N) is 1. The topological polar surface area (TPSA) is 96.0 Å². The van der Waals surface area contributed by atoms with E-state index in [1.165, 1.54) is 4.31 Å². The van der Waals surface area contributed by atoms with Crippen molar-refractivity contribution in [2.24, 2.45) is 0 Å². The molecule has 0 heterocycles. The van der Waals surface area contributed by atoms with Gasteiger partial charge in [0.15, 0.2) is 0 Å². The summed E-state index contributed by atoms with van der Waals surface area (Å²) in [6, 6.07) is 13.9. The summed E-state index contributed by atoms with van der Waals surface area (Å²) in [5.41, 5.74) is 2.47. The molecule has 8 nitrogen and oxygen atoms in total. The molecule has 1 atom stereocenters. The number of hydrogen-bond acceptors (Lipinski definition) is 5. The zero-order chi connectivity index (χ0) is 26.9. The van der Waals surface area contributed by atoms with Gasteiger partial charge in [-0.15, -0.1) is 0 Å². The van der Waals surface area contributed by atoms with E-state index in [2.05, 4.69) is 5.32 Å². The first-order valence-corrected chi connectivity index (χ1v) is 14.1. The van der Waals surface area contributed by atoms with Crippen LogP contribution in [0.4, 0.5) is 5.69 Å². The second-order valence-electron chi connectivity index (χ2n) is 9.23. The number of methoxy groups -OCH3 is 1. The van der Waals surface area contributed by atoms with Crippen LogP contribution in [-0.4, -0.2) is 57.1 Å². The molecule has 1 N–H and O–H groups in total. The van der Waals surface area contributed by atoms with E-state index in [1.807, 2.05) is 64.1 Å². The molecule has 0 aliphatic carbocycles. The molecule has 0 saturated heterocycles. The summed E-state index contributed by atoms with van der Waals surface area (Å²) in [6.07, 6.45) is 2.05. The third-order valence-electron chi connectivity index (χ3n) is 5.80. The Bertz CT molecular complexity index is 1100. The number of rotatable bonds is 13. The average Bonchev–Trinajstić information content (AvgIpc) is 2.81. The Morgan fingerprint density at radius 1 is 1.03 bits per heavy atom. The van der Waals surface area contributed by atoms with Gasteiger partial charge < -0.3 is 15.0 Å². The third kappa shape index (κ3) is 8.55. The Morgan fingerprint density at radius 2 is 1.64 bits per heavy atom. The van der Waals surface area contributed by atoms with Gasteiger partial charge in [0.1, 0.15) is 11.8 Å². The van der Waals surface area contributed by atoms with Gasteiger partial charge >= 0.3 is 0 Å². The van der Waals surface area contributed by atoms with E-state index in [-0.39, 0.29) is 37.4 Å². The molecule has 0 spiro atoms. The van der Waals surface area contributed by atoms with Crippen LogP contribution >= 0.6 is 0 Å². The molecule has 9 heteroatoms. The molecule has 0 radical (unpaired) electrons. The van der Waals surface area contributed by atoms with Crippen LogP contribution < -0.4 is 14.4 Å². The normalized spacial score (nSPS) is 12.2. The second kappa shape index (κ2) is 13.3. The monoisotopic (exact) mass is 517 g/mol. The molecule has 0 aromatic heterocycles. The maximum absolute atomic E-state index is 13.4. The number of hydrogen-bond donors (Lipinski definition) is 1. The number of nitrogens with zero attached hydrogens (tertiary/aromatic N) is 2. The van der Waals surface area contributed by atoms with Crippen LogP contribution in [0.2, 0.25) is 0 Å². The number of carbonyl (C=O) groups excluding carboxylic acids is 2. The van der Waals surface area contributed by atoms with Crippen molar-refractivity contribution < 1.29 is 22.7 Å². The summed E-state index contributed by atoms with van der Waals surface area (Å²) < 4.78 is 31.4. The van der Waals surface area contributed by atoms with Crippen molar-refractivity contribution in [3.05, 3.63) is 59.7 Å². The highest BCUT2D eigenvalue weighted by Crippen LogP contribution is 2.21. The van der Waals surface area contributed by atoms with Crippen LogP contribution in [0.15, 0.2) is 48.5 Å². The lowest BCUT2D eigenvalue weighted by Crippen LogP contribution is -2.50. The smallest absolute Gasteiger partial charge is 0.243 e. The predicted octanol–water partition coefficient (Wildman–Crippen LogP) is 3.88. The van der Waals surface area contributed by atoms with Crippen LogP contribution in [0.25, 0.3) is 0 Å². The van der Waals surface area contributed by atoms with Crippen molar-refractivity contribution in [1.82, 2.24) is 10.2 Å². The van der Waals surface area contributed by atoms with Gasteiger partial charge in [-0.25, -0.2) is 8.42 Å². The highest BCUT2D eigenvalue weighted by molar-refractivity contribution is 7.92. The van der Waals surface area contributed by atoms with Gasteiger partial charge in [-0.3, -0.25) is 13.9 Å². The Labute approximate surface area is 215 Å². The fourth-order valence-corrected chi connectivity index (χ4v) is 4.91. The van der Waals surface area contributed by atoms with E-state index >= 15 is 0 Å². The Morgan fingerprint density at radius 3 is 2.14 bits per heavy atom. The Hall–Kier alpha value is -3.07. The van der Waals surface area contributed by atoms with Crippen LogP contribution in [-0.2, 0) is 26.2 Å². The molecule has 2 rings (SSSR count). The molecule has 0 aliphatic heterocycles. The first-order chi connectivity index (χ1) is 17.0. The number of carbonyl (C=O) groups is 2. The SMILES string of the molecule is CCC(C(=O)NC(C)C)N(Cc1ccc(OC)cc1)C(=O)CCCN(c1ccc(C)cc1)S(C)(=O)=O. The molecule has 36 heavy (non-hydrogen) atoms. The molecule has 2 aromatic carbocycles. The fourth-order valence-electron chi connectivity index (χ4n) is 3.94. The fraction of sp³-hybridized carbons (Fsp3) is 0.481. The highest BCUT2D eigenvalue weighted by atomic mass is 32.2. The first-order valence-electron chi connectivity index (χ1n) is 12.2. The molecule has 198 valence electrons. The van der Waals surface area contributed by atoms with Crippen LogP contribution in [0.5, 0.6) is 5.75 Å². The summed E-state index contributed by atoms with van der Waals surface area (Å²) >= 11 is 0. The van der Waals surface area contributed by atoms with Gasteiger partial charge in [0.05, 0.1) is 19.1 Å². The predicted molar refractivity (Wildman–Crippen MR) is 144 cm³/mol. The summed E-state index contributed by atoms with van der Waals surface area (Å²) in [4.78, 5) is 28.0. The van der Waals surface area contributed by atoms with Crippen LogP contribution in [0.1, 0.15) is 51.2 Å². The third-order valence-corrected chi connectivity index (χ3v) is 7.00. The van der Waals surface area contributed by atoms with E-state index < -0.39 is 16.1 Å². The van der Waals surface area contributed by atoms with Gasteiger partial charge in [-0.1, -0.05) is 36.8 Å². The van der Waals surface area contributed by atoms with Crippen molar-refractivity contribution in [2.45, 2.75) is 65.6 Å². The van der Waals surface area contributed by atoms with Gasteiger partial charge in [0.25, 0.3) is 0 Å². The van der Waals surface area contributed by atoms with Crippen molar-refractivity contribution in [3.63, 3.8) is 0 Å². The molecule has 2 aromatic rings. The quantitative estimate of drug-likeness (QED) is 0.435. The van der Waals surface area contributed by atoms with Crippen LogP contribution in [0, 0.1) is 6.92 Å². The van der Waals surface area contributed by atoms with E-state index in [4.69, 9.17) is 4.74 Å². The van der Waals surface area contributed by atoms with Crippen molar-refractivity contribution >= 4 is 27.5 Å². The molecule has 0 saturated carbocycles. The largest absolute Gasteiger partial charge is 0.497 e. The van der Waals surface area contributed by atoms with Crippen molar-refractivity contribution in [3.8, 4) is 5.75 Å². The number of amides is 2. The van der Waals surface area contributed by atoms with Gasteiger partial charge in [-0.05, 0) is 63.4 Å². The van der Waals surface area contributed by atoms with Gasteiger partial charge in [0.2, 0.25) is 21.8 Å². The van der Waals surface area contributed by atoms with Gasteiger partial charge in [-0.2, -0.15) is 0 Å². The zero-order valence-corrected chi connectivity index (χ0v) is 23.0. The number of anilines is 1. The lowest BCUT2D eigenvalue weighted by molar-refractivity contribution is -0.141. The maximum atomic E-state index is 13.4.